The van der Waals surface area contributed by atoms with Crippen LogP contribution in [0.15, 0.2) is 40.7 Å². The lowest BCUT2D eigenvalue weighted by Crippen LogP contribution is -2.23. The predicted molar refractivity (Wildman–Crippen MR) is 102 cm³/mol. The highest BCUT2D eigenvalue weighted by Crippen LogP contribution is 2.46. The lowest BCUT2D eigenvalue weighted by atomic mass is 9.87. The van der Waals surface area contributed by atoms with E-state index in [0.29, 0.717) is 12.1 Å². The van der Waals surface area contributed by atoms with Crippen LogP contribution < -0.4 is 0 Å². The van der Waals surface area contributed by atoms with E-state index in [2.05, 4.69) is 16.0 Å². The molecule has 3 nitrogen and oxygen atoms in total. The van der Waals surface area contributed by atoms with Gasteiger partial charge in [-0.05, 0) is 64.4 Å². The van der Waals surface area contributed by atoms with Crippen molar-refractivity contribution in [1.82, 2.24) is 9.47 Å². The standard InChI is InChI=1S/C21H24F3N3/c1-26(2)11-4-7-14-8-9-17(21(22,23)24)20-18(14)25-13-16-6-3-5-15-10-12-27(20)19(15)16/h6,9-10,12-14H,3-5,7-8,11H2,1-2H3. The lowest BCUT2D eigenvalue weighted by Gasteiger charge is -2.28. The van der Waals surface area contributed by atoms with Crippen molar-refractivity contribution in [1.29, 1.82) is 0 Å². The van der Waals surface area contributed by atoms with Crippen LogP contribution in [0.5, 0.6) is 0 Å². The summed E-state index contributed by atoms with van der Waals surface area (Å²) in [5.41, 5.74) is 3.17. The normalized spacial score (nSPS) is 21.6. The predicted octanol–water partition coefficient (Wildman–Crippen LogP) is 4.92. The largest absolute Gasteiger partial charge is 0.418 e. The third-order valence-electron chi connectivity index (χ3n) is 5.56. The zero-order valence-corrected chi connectivity index (χ0v) is 15.7. The third-order valence-corrected chi connectivity index (χ3v) is 5.56. The Bertz CT molecular complexity index is 866. The van der Waals surface area contributed by atoms with Crippen LogP contribution in [0.2, 0.25) is 0 Å². The zero-order valence-electron chi connectivity index (χ0n) is 15.7. The van der Waals surface area contributed by atoms with Crippen molar-refractivity contribution in [2.24, 2.45) is 10.9 Å². The molecular formula is C21H24F3N3. The minimum Gasteiger partial charge on any atom is -0.314 e. The average Bonchev–Trinajstić information content (AvgIpc) is 2.95. The summed E-state index contributed by atoms with van der Waals surface area (Å²) in [5, 5.41) is 0. The van der Waals surface area contributed by atoms with E-state index in [1.54, 1.807) is 17.0 Å². The SMILES string of the molecule is CN(C)CCCC1CC=C(C(F)(F)F)C2=C1N=CC1=CCCc3ccn2c31. The maximum atomic E-state index is 13.8. The number of hydrogen-bond donors (Lipinski definition) is 0. The molecule has 0 amide bonds. The summed E-state index contributed by atoms with van der Waals surface area (Å²) < 4.78 is 43.2. The van der Waals surface area contributed by atoms with Gasteiger partial charge >= 0.3 is 6.18 Å². The zero-order chi connectivity index (χ0) is 19.2. The van der Waals surface area contributed by atoms with Gasteiger partial charge in [-0.1, -0.05) is 12.2 Å². The second-order valence-electron chi connectivity index (χ2n) is 7.74. The summed E-state index contributed by atoms with van der Waals surface area (Å²) in [4.78, 5) is 6.72. The van der Waals surface area contributed by atoms with Gasteiger partial charge in [0.05, 0.1) is 22.7 Å². The molecule has 0 N–H and O–H groups in total. The molecule has 1 aliphatic heterocycles. The van der Waals surface area contributed by atoms with Gasteiger partial charge in [0.25, 0.3) is 0 Å². The second-order valence-corrected chi connectivity index (χ2v) is 7.74. The van der Waals surface area contributed by atoms with Crippen LogP contribution in [-0.2, 0) is 6.42 Å². The Balaban J connectivity index is 1.81. The van der Waals surface area contributed by atoms with Gasteiger partial charge in [0.1, 0.15) is 0 Å². The van der Waals surface area contributed by atoms with Gasteiger partial charge in [0.15, 0.2) is 0 Å². The van der Waals surface area contributed by atoms with Crippen molar-refractivity contribution in [3.8, 4) is 0 Å². The molecule has 27 heavy (non-hydrogen) atoms. The number of alkyl halides is 3. The number of aliphatic imine (C=N–C) groups is 1. The van der Waals surface area contributed by atoms with Gasteiger partial charge in [-0.2, -0.15) is 13.2 Å². The molecule has 2 aliphatic carbocycles. The van der Waals surface area contributed by atoms with E-state index >= 15 is 0 Å². The smallest absolute Gasteiger partial charge is 0.314 e. The Morgan fingerprint density at radius 3 is 2.81 bits per heavy atom. The summed E-state index contributed by atoms with van der Waals surface area (Å²) >= 11 is 0. The van der Waals surface area contributed by atoms with Crippen molar-refractivity contribution in [2.45, 2.75) is 38.3 Å². The van der Waals surface area contributed by atoms with E-state index < -0.39 is 11.7 Å². The molecule has 1 aromatic heterocycles. The van der Waals surface area contributed by atoms with E-state index in [1.165, 1.54) is 6.08 Å². The molecule has 1 aromatic rings. The number of hydrogen-bond acceptors (Lipinski definition) is 2. The van der Waals surface area contributed by atoms with Gasteiger partial charge in [0.2, 0.25) is 0 Å². The van der Waals surface area contributed by atoms with Crippen LogP contribution in [0.3, 0.4) is 0 Å². The molecule has 0 aromatic carbocycles. The molecule has 0 radical (unpaired) electrons. The third kappa shape index (κ3) is 3.31. The quantitative estimate of drug-likeness (QED) is 0.731. The number of aromatic nitrogens is 1. The second kappa shape index (κ2) is 6.82. The molecule has 2 heterocycles. The van der Waals surface area contributed by atoms with Crippen LogP contribution in [0.25, 0.3) is 11.3 Å². The molecule has 0 saturated carbocycles. The molecule has 4 rings (SSSR count). The first-order valence-electron chi connectivity index (χ1n) is 9.48. The molecule has 0 bridgehead atoms. The minimum atomic E-state index is -4.38. The first-order valence-corrected chi connectivity index (χ1v) is 9.48. The lowest BCUT2D eigenvalue weighted by molar-refractivity contribution is -0.0881. The minimum absolute atomic E-state index is 0.0149. The van der Waals surface area contributed by atoms with E-state index in [0.717, 1.165) is 49.1 Å². The first-order chi connectivity index (χ1) is 12.9. The number of fused-ring (bicyclic) bond motifs is 1. The van der Waals surface area contributed by atoms with Crippen LogP contribution in [-0.4, -0.2) is 42.5 Å². The summed E-state index contributed by atoms with van der Waals surface area (Å²) in [7, 11) is 4.02. The maximum absolute atomic E-state index is 13.8. The number of allylic oxidation sites excluding steroid dienone is 6. The molecule has 0 saturated heterocycles. The monoisotopic (exact) mass is 375 g/mol. The maximum Gasteiger partial charge on any atom is 0.418 e. The highest BCUT2D eigenvalue weighted by atomic mass is 19.4. The molecule has 0 spiro atoms. The molecular weight excluding hydrogens is 351 g/mol. The number of rotatable bonds is 4. The van der Waals surface area contributed by atoms with E-state index in [4.69, 9.17) is 0 Å². The van der Waals surface area contributed by atoms with Gasteiger partial charge in [-0.25, -0.2) is 0 Å². The summed E-state index contributed by atoms with van der Waals surface area (Å²) in [6, 6.07) is 1.95. The molecule has 0 fully saturated rings. The molecule has 3 aliphatic rings. The number of nitrogens with zero attached hydrogens (tertiary/aromatic N) is 3. The summed E-state index contributed by atoms with van der Waals surface area (Å²) in [5.74, 6) is 0.0149. The fourth-order valence-corrected chi connectivity index (χ4v) is 4.30. The van der Waals surface area contributed by atoms with Crippen molar-refractivity contribution in [3.05, 3.63) is 46.9 Å². The van der Waals surface area contributed by atoms with Crippen LogP contribution in [0, 0.1) is 5.92 Å². The molecule has 1 unspecified atom stereocenters. The Hall–Kier alpha value is -2.08. The van der Waals surface area contributed by atoms with E-state index in [9.17, 15) is 13.2 Å². The van der Waals surface area contributed by atoms with Gasteiger partial charge in [0, 0.05) is 23.9 Å². The van der Waals surface area contributed by atoms with E-state index in [-0.39, 0.29) is 11.6 Å². The van der Waals surface area contributed by atoms with Gasteiger partial charge in [-0.15, -0.1) is 0 Å². The van der Waals surface area contributed by atoms with Crippen LogP contribution in [0.1, 0.15) is 36.9 Å². The van der Waals surface area contributed by atoms with Gasteiger partial charge in [-0.3, -0.25) is 4.99 Å². The number of halogens is 3. The van der Waals surface area contributed by atoms with Crippen molar-refractivity contribution in [3.63, 3.8) is 0 Å². The molecule has 144 valence electrons. The molecule has 1 atom stereocenters. The van der Waals surface area contributed by atoms with Crippen molar-refractivity contribution >= 4 is 17.5 Å². The fraction of sp³-hybridized carbons (Fsp3) is 0.476. The van der Waals surface area contributed by atoms with E-state index in [1.807, 2.05) is 20.2 Å². The topological polar surface area (TPSA) is 20.5 Å². The Morgan fingerprint density at radius 1 is 1.26 bits per heavy atom. The van der Waals surface area contributed by atoms with Gasteiger partial charge < -0.3 is 9.47 Å². The first kappa shape index (κ1) is 18.3. The van der Waals surface area contributed by atoms with Crippen molar-refractivity contribution < 1.29 is 13.2 Å². The average molecular weight is 375 g/mol. The Kier molecular flexibility index (Phi) is 4.62. The Labute approximate surface area is 157 Å². The summed E-state index contributed by atoms with van der Waals surface area (Å²) in [6.45, 7) is 0.919. The highest BCUT2D eigenvalue weighted by molar-refractivity contribution is 6.12. The van der Waals surface area contributed by atoms with Crippen LogP contribution >= 0.6 is 0 Å². The molecule has 6 heteroatoms. The Morgan fingerprint density at radius 2 is 2.07 bits per heavy atom. The van der Waals surface area contributed by atoms with Crippen molar-refractivity contribution in [2.75, 3.05) is 20.6 Å². The number of aryl methyl sites for hydroxylation is 1. The fourth-order valence-electron chi connectivity index (χ4n) is 4.30. The highest BCUT2D eigenvalue weighted by Gasteiger charge is 2.42. The van der Waals surface area contributed by atoms with Crippen LogP contribution in [0.4, 0.5) is 13.2 Å². The summed E-state index contributed by atoms with van der Waals surface area (Å²) in [6.07, 6.45) is 6.55.